The molecule has 2 fully saturated rings. The molecule has 1 N–H and O–H groups in total. The van der Waals surface area contributed by atoms with Gasteiger partial charge in [0, 0.05) is 55.6 Å². The molecule has 2 aliphatic rings. The fourth-order valence-corrected chi connectivity index (χ4v) is 6.05. The third-order valence-corrected chi connectivity index (χ3v) is 8.18. The van der Waals surface area contributed by atoms with E-state index in [0.717, 1.165) is 60.0 Å². The summed E-state index contributed by atoms with van der Waals surface area (Å²) in [4.78, 5) is 39.0. The van der Waals surface area contributed by atoms with E-state index in [2.05, 4.69) is 37.5 Å². The number of halogens is 1. The molecule has 3 aromatic heterocycles. The van der Waals surface area contributed by atoms with Crippen molar-refractivity contribution < 1.29 is 14.0 Å². The molecule has 214 valence electrons. The van der Waals surface area contributed by atoms with Crippen molar-refractivity contribution in [2.24, 2.45) is 0 Å². The normalized spacial score (nSPS) is 20.0. The van der Waals surface area contributed by atoms with Crippen LogP contribution in [0, 0.1) is 6.92 Å². The summed E-state index contributed by atoms with van der Waals surface area (Å²) in [7, 11) is 0. The summed E-state index contributed by atoms with van der Waals surface area (Å²) in [5, 5.41) is 8.61. The number of anilines is 1. The third-order valence-electron chi connectivity index (χ3n) is 8.18. The Kier molecular flexibility index (Phi) is 7.53. The molecule has 2 saturated heterocycles. The number of aromatic nitrogens is 5. The number of pyridine rings is 1. The summed E-state index contributed by atoms with van der Waals surface area (Å²) >= 11 is 0. The second-order valence-electron chi connectivity index (χ2n) is 11.0. The number of carbonyl (C=O) groups excluding carboxylic acids is 2. The van der Waals surface area contributed by atoms with Gasteiger partial charge in [-0.15, -0.1) is 0 Å². The maximum Gasteiger partial charge on any atom is 0.258 e. The first-order valence-corrected chi connectivity index (χ1v) is 14.3. The van der Waals surface area contributed by atoms with Crippen LogP contribution < -0.4 is 5.32 Å². The van der Waals surface area contributed by atoms with Crippen molar-refractivity contribution in [1.29, 1.82) is 0 Å². The quantitative estimate of drug-likeness (QED) is 0.343. The lowest BCUT2D eigenvalue weighted by Crippen LogP contribution is -2.34. The van der Waals surface area contributed by atoms with Gasteiger partial charge in [0.1, 0.15) is 6.17 Å². The number of fused-ring (bicyclic) bond motifs is 2. The lowest BCUT2D eigenvalue weighted by molar-refractivity contribution is -0.126. The third kappa shape index (κ3) is 5.58. The van der Waals surface area contributed by atoms with Crippen LogP contribution in [0.2, 0.25) is 0 Å². The van der Waals surface area contributed by atoms with Crippen LogP contribution in [0.5, 0.6) is 0 Å². The van der Waals surface area contributed by atoms with Crippen LogP contribution in [0.3, 0.4) is 0 Å². The fraction of sp³-hybridized carbons (Fsp3) is 0.433. The summed E-state index contributed by atoms with van der Waals surface area (Å²) in [6.07, 6.45) is 7.30. The van der Waals surface area contributed by atoms with Crippen molar-refractivity contribution in [2.45, 2.75) is 51.4 Å². The van der Waals surface area contributed by atoms with Gasteiger partial charge in [0.05, 0.1) is 35.3 Å². The van der Waals surface area contributed by atoms with Gasteiger partial charge in [0.25, 0.3) is 5.91 Å². The number of nitrogens with one attached hydrogen (secondary N) is 1. The molecule has 11 heteroatoms. The van der Waals surface area contributed by atoms with Gasteiger partial charge in [-0.2, -0.15) is 5.10 Å². The summed E-state index contributed by atoms with van der Waals surface area (Å²) in [6, 6.07) is 7.39. The standard InChI is InChI=1S/C30H35FN8O2/c1-3-28(40)37-10-5-4-6-24(19-37)39-27-16-26-22(17-33-38(26)13-12-36-11-8-23(31)18-36)15-25(27)34-30(39)35-29(41)21-7-9-32-20(2)14-21/h3,7,9,14-17,23-24H,1,4-6,8,10-13,18-19H2,2H3,(H,34,35,41)/t23-,24+/m0/s1. The van der Waals surface area contributed by atoms with E-state index in [9.17, 15) is 14.0 Å². The number of benzene rings is 1. The minimum atomic E-state index is -0.754. The molecule has 0 aliphatic carbocycles. The highest BCUT2D eigenvalue weighted by molar-refractivity contribution is 6.04. The number of likely N-dealkylation sites (tertiary alicyclic amines) is 2. The Morgan fingerprint density at radius 2 is 2.00 bits per heavy atom. The Labute approximate surface area is 237 Å². The van der Waals surface area contributed by atoms with E-state index in [-0.39, 0.29) is 17.9 Å². The monoisotopic (exact) mass is 558 g/mol. The first-order chi connectivity index (χ1) is 19.9. The van der Waals surface area contributed by atoms with Gasteiger partial charge in [0.15, 0.2) is 0 Å². The van der Waals surface area contributed by atoms with Crippen molar-refractivity contribution in [3.05, 3.63) is 60.6 Å². The topological polar surface area (TPSA) is 101 Å². The summed E-state index contributed by atoms with van der Waals surface area (Å²) in [6.45, 7) is 9.29. The molecule has 0 unspecified atom stereocenters. The van der Waals surface area contributed by atoms with Crippen LogP contribution >= 0.6 is 0 Å². The second-order valence-corrected chi connectivity index (χ2v) is 11.0. The van der Waals surface area contributed by atoms with Crippen molar-refractivity contribution in [2.75, 3.05) is 38.0 Å². The number of carbonyl (C=O) groups is 2. The van der Waals surface area contributed by atoms with Gasteiger partial charge in [0.2, 0.25) is 11.9 Å². The fourth-order valence-electron chi connectivity index (χ4n) is 6.05. The Morgan fingerprint density at radius 3 is 2.78 bits per heavy atom. The van der Waals surface area contributed by atoms with Crippen LogP contribution in [0.1, 0.15) is 47.8 Å². The number of imidazole rings is 1. The molecule has 0 saturated carbocycles. The molecule has 4 aromatic rings. The molecular formula is C30H35FN8O2. The Balaban J connectivity index is 1.40. The molecule has 2 atom stereocenters. The van der Waals surface area contributed by atoms with Crippen LogP contribution in [0.15, 0.2) is 49.3 Å². The van der Waals surface area contributed by atoms with Crippen LogP contribution in [-0.4, -0.2) is 84.8 Å². The van der Waals surface area contributed by atoms with E-state index in [1.165, 1.54) is 6.08 Å². The zero-order chi connectivity index (χ0) is 28.5. The number of rotatable bonds is 7. The van der Waals surface area contributed by atoms with E-state index < -0.39 is 6.17 Å². The zero-order valence-electron chi connectivity index (χ0n) is 23.3. The van der Waals surface area contributed by atoms with Crippen molar-refractivity contribution in [3.8, 4) is 0 Å². The molecule has 2 aliphatic heterocycles. The minimum Gasteiger partial charge on any atom is -0.337 e. The number of aryl methyl sites for hydroxylation is 1. The molecule has 5 heterocycles. The predicted octanol–water partition coefficient (Wildman–Crippen LogP) is 4.13. The molecule has 0 spiro atoms. The number of nitrogens with zero attached hydrogens (tertiary/aromatic N) is 7. The van der Waals surface area contributed by atoms with Gasteiger partial charge in [-0.3, -0.25) is 29.5 Å². The van der Waals surface area contributed by atoms with Crippen LogP contribution in [0.4, 0.5) is 10.3 Å². The highest BCUT2D eigenvalue weighted by atomic mass is 19.1. The molecular weight excluding hydrogens is 523 g/mol. The molecule has 1 aromatic carbocycles. The van der Waals surface area contributed by atoms with E-state index in [0.29, 0.717) is 44.1 Å². The Hall–Kier alpha value is -4.12. The Morgan fingerprint density at radius 1 is 1.12 bits per heavy atom. The number of alkyl halides is 1. The minimum absolute atomic E-state index is 0.0965. The van der Waals surface area contributed by atoms with Gasteiger partial charge < -0.3 is 9.47 Å². The lowest BCUT2D eigenvalue weighted by atomic mass is 10.1. The average Bonchev–Trinajstić information content (AvgIpc) is 3.60. The number of hydrogen-bond donors (Lipinski definition) is 1. The first kappa shape index (κ1) is 27.1. The number of hydrogen-bond acceptors (Lipinski definition) is 6. The van der Waals surface area contributed by atoms with E-state index >= 15 is 0 Å². The van der Waals surface area contributed by atoms with Crippen LogP contribution in [-0.2, 0) is 11.3 Å². The summed E-state index contributed by atoms with van der Waals surface area (Å²) in [5.41, 5.74) is 3.80. The maximum absolute atomic E-state index is 13.7. The first-order valence-electron chi connectivity index (χ1n) is 14.3. The highest BCUT2D eigenvalue weighted by Gasteiger charge is 2.27. The highest BCUT2D eigenvalue weighted by Crippen LogP contribution is 2.33. The van der Waals surface area contributed by atoms with Gasteiger partial charge >= 0.3 is 0 Å². The van der Waals surface area contributed by atoms with E-state index in [4.69, 9.17) is 4.98 Å². The summed E-state index contributed by atoms with van der Waals surface area (Å²) in [5.74, 6) is 0.0693. The van der Waals surface area contributed by atoms with E-state index in [1.54, 1.807) is 18.3 Å². The SMILES string of the molecule is C=CC(=O)N1CCCC[C@@H](n2c(NC(=O)c3ccnc(C)c3)nc3cc4cnn(CCN5CC[C@H](F)C5)c4cc32)C1. The molecule has 2 amide bonds. The largest absolute Gasteiger partial charge is 0.337 e. The molecule has 0 bridgehead atoms. The van der Waals surface area contributed by atoms with Gasteiger partial charge in [-0.1, -0.05) is 6.58 Å². The van der Waals surface area contributed by atoms with E-state index in [1.807, 2.05) is 28.8 Å². The maximum atomic E-state index is 13.7. The lowest BCUT2D eigenvalue weighted by Gasteiger charge is -2.26. The van der Waals surface area contributed by atoms with Crippen molar-refractivity contribution >= 4 is 39.7 Å². The molecule has 41 heavy (non-hydrogen) atoms. The van der Waals surface area contributed by atoms with Gasteiger partial charge in [-0.25, -0.2) is 9.37 Å². The second kappa shape index (κ2) is 11.4. The predicted molar refractivity (Wildman–Crippen MR) is 156 cm³/mol. The van der Waals surface area contributed by atoms with Crippen molar-refractivity contribution in [1.82, 2.24) is 34.1 Å². The average molecular weight is 559 g/mol. The van der Waals surface area contributed by atoms with Crippen LogP contribution in [0.25, 0.3) is 21.9 Å². The smallest absolute Gasteiger partial charge is 0.258 e. The number of amides is 2. The molecule has 10 nitrogen and oxygen atoms in total. The molecule has 6 rings (SSSR count). The summed E-state index contributed by atoms with van der Waals surface area (Å²) < 4.78 is 17.7. The molecule has 0 radical (unpaired) electrons. The zero-order valence-corrected chi connectivity index (χ0v) is 23.3. The van der Waals surface area contributed by atoms with Crippen molar-refractivity contribution in [3.63, 3.8) is 0 Å². The van der Waals surface area contributed by atoms with Gasteiger partial charge in [-0.05, 0) is 62.9 Å². The Bertz CT molecular complexity index is 1610.